The zero-order valence-electron chi connectivity index (χ0n) is 14.9. The fraction of sp³-hybridized carbons (Fsp3) is 0.158. The van der Waals surface area contributed by atoms with Gasteiger partial charge in [0.25, 0.3) is 0 Å². The summed E-state index contributed by atoms with van der Waals surface area (Å²) >= 11 is 5.71. The van der Waals surface area contributed by atoms with Gasteiger partial charge >= 0.3 is 0 Å². The van der Waals surface area contributed by atoms with Crippen LogP contribution in [0.1, 0.15) is 5.56 Å². The van der Waals surface area contributed by atoms with Crippen molar-refractivity contribution < 1.29 is 9.47 Å². The van der Waals surface area contributed by atoms with Gasteiger partial charge < -0.3 is 14.8 Å². The second kappa shape index (κ2) is 7.58. The molecule has 0 bridgehead atoms. The molecule has 2 aromatic heterocycles. The maximum absolute atomic E-state index is 9.57. The van der Waals surface area contributed by atoms with E-state index in [1.165, 1.54) is 6.20 Å². The molecule has 0 saturated carbocycles. The Morgan fingerprint density at radius 2 is 2.11 bits per heavy atom. The van der Waals surface area contributed by atoms with E-state index in [1.807, 2.05) is 18.2 Å². The molecule has 9 heteroatoms. The number of halogens is 1. The number of alkyl halides is 1. The van der Waals surface area contributed by atoms with E-state index < -0.39 is 0 Å². The van der Waals surface area contributed by atoms with Crippen molar-refractivity contribution in [1.29, 1.82) is 5.26 Å². The van der Waals surface area contributed by atoms with Crippen LogP contribution < -0.4 is 14.8 Å². The molecule has 0 amide bonds. The normalized spacial score (nSPS) is 10.8. The second-order valence-corrected chi connectivity index (χ2v) is 6.26. The minimum absolute atomic E-state index is 0.350. The fourth-order valence-electron chi connectivity index (χ4n) is 2.91. The lowest BCUT2D eigenvalue weighted by molar-refractivity contribution is 0.313. The Labute approximate surface area is 165 Å². The van der Waals surface area contributed by atoms with Crippen molar-refractivity contribution in [3.8, 4) is 17.6 Å². The summed E-state index contributed by atoms with van der Waals surface area (Å²) in [6, 6.07) is 11.3. The molecule has 4 rings (SSSR count). The van der Waals surface area contributed by atoms with Crippen molar-refractivity contribution in [3.63, 3.8) is 0 Å². The standard InChI is InChI=1S/C19H15ClN6O2/c1-27-17-7-13-15(8-18(17)28-5-4-20)22-10-11(9-21)19(13)23-12-2-3-14-16(6-12)25-26-24-14/h2-3,6-8,10H,4-5H2,1H3,(H,22,23)(H,24,25,26). The minimum Gasteiger partial charge on any atom is -0.493 e. The minimum atomic E-state index is 0.350. The number of hydrogen-bond acceptors (Lipinski definition) is 7. The van der Waals surface area contributed by atoms with Crippen LogP contribution in [-0.2, 0) is 0 Å². The molecule has 0 radical (unpaired) electrons. The van der Waals surface area contributed by atoms with Gasteiger partial charge in [-0.05, 0) is 24.3 Å². The molecule has 0 aliphatic carbocycles. The molecule has 0 atom stereocenters. The first-order valence-electron chi connectivity index (χ1n) is 8.41. The first kappa shape index (κ1) is 17.8. The Hall–Kier alpha value is -3.57. The average molecular weight is 395 g/mol. The van der Waals surface area contributed by atoms with Crippen molar-refractivity contribution in [3.05, 3.63) is 42.1 Å². The van der Waals surface area contributed by atoms with Crippen LogP contribution in [0.3, 0.4) is 0 Å². The number of hydrogen-bond donors (Lipinski definition) is 2. The Balaban J connectivity index is 1.83. The summed E-state index contributed by atoms with van der Waals surface area (Å²) < 4.78 is 11.1. The average Bonchev–Trinajstić information content (AvgIpc) is 3.19. The van der Waals surface area contributed by atoms with Crippen LogP contribution in [0, 0.1) is 11.3 Å². The number of benzene rings is 2. The molecule has 0 aliphatic heterocycles. The molecule has 0 unspecified atom stereocenters. The molecule has 2 aromatic carbocycles. The first-order valence-corrected chi connectivity index (χ1v) is 8.94. The molecule has 2 N–H and O–H groups in total. The summed E-state index contributed by atoms with van der Waals surface area (Å²) in [7, 11) is 1.56. The number of methoxy groups -OCH3 is 1. The van der Waals surface area contributed by atoms with Crippen LogP contribution >= 0.6 is 11.6 Å². The van der Waals surface area contributed by atoms with Crippen LogP contribution in [-0.4, -0.2) is 40.0 Å². The Morgan fingerprint density at radius 1 is 1.21 bits per heavy atom. The van der Waals surface area contributed by atoms with Crippen molar-refractivity contribution in [2.24, 2.45) is 0 Å². The molecule has 0 saturated heterocycles. The highest BCUT2D eigenvalue weighted by Crippen LogP contribution is 2.37. The van der Waals surface area contributed by atoms with Crippen LogP contribution in [0.25, 0.3) is 21.9 Å². The third-order valence-electron chi connectivity index (χ3n) is 4.20. The number of pyridine rings is 1. The summed E-state index contributed by atoms with van der Waals surface area (Å²) in [5.74, 6) is 1.44. The fourth-order valence-corrected chi connectivity index (χ4v) is 2.99. The van der Waals surface area contributed by atoms with Crippen molar-refractivity contribution in [2.45, 2.75) is 0 Å². The van der Waals surface area contributed by atoms with Gasteiger partial charge in [0.2, 0.25) is 0 Å². The van der Waals surface area contributed by atoms with Crippen LogP contribution in [0.15, 0.2) is 36.5 Å². The summed E-state index contributed by atoms with van der Waals surface area (Å²) in [4.78, 5) is 4.38. The predicted molar refractivity (Wildman–Crippen MR) is 106 cm³/mol. The summed E-state index contributed by atoms with van der Waals surface area (Å²) in [6.45, 7) is 0.350. The Kier molecular flexibility index (Phi) is 4.83. The van der Waals surface area contributed by atoms with Crippen LogP contribution in [0.4, 0.5) is 11.4 Å². The van der Waals surface area contributed by atoms with E-state index in [9.17, 15) is 5.26 Å². The van der Waals surface area contributed by atoms with E-state index in [2.05, 4.69) is 31.8 Å². The number of nitrogens with one attached hydrogen (secondary N) is 2. The third-order valence-corrected chi connectivity index (χ3v) is 4.36. The molecule has 4 aromatic rings. The molecule has 140 valence electrons. The Morgan fingerprint density at radius 3 is 2.89 bits per heavy atom. The highest BCUT2D eigenvalue weighted by Gasteiger charge is 2.15. The number of aromatic nitrogens is 4. The van der Waals surface area contributed by atoms with Gasteiger partial charge in [-0.2, -0.15) is 5.26 Å². The van der Waals surface area contributed by atoms with Crippen LogP contribution in [0.5, 0.6) is 11.5 Å². The number of anilines is 2. The lowest BCUT2D eigenvalue weighted by Crippen LogP contribution is -2.02. The summed E-state index contributed by atoms with van der Waals surface area (Å²) in [5, 5.41) is 24.2. The first-order chi connectivity index (χ1) is 13.7. The van der Waals surface area contributed by atoms with Gasteiger partial charge in [0.1, 0.15) is 18.2 Å². The molecule has 0 spiro atoms. The van der Waals surface area contributed by atoms with Gasteiger partial charge in [0.05, 0.1) is 35.3 Å². The smallest absolute Gasteiger partial charge is 0.163 e. The monoisotopic (exact) mass is 394 g/mol. The number of H-pyrrole nitrogens is 1. The van der Waals surface area contributed by atoms with Gasteiger partial charge in [0.15, 0.2) is 11.5 Å². The number of rotatable bonds is 6. The molecule has 8 nitrogen and oxygen atoms in total. The number of fused-ring (bicyclic) bond motifs is 2. The summed E-state index contributed by atoms with van der Waals surface area (Å²) in [5.41, 5.74) is 4.03. The maximum Gasteiger partial charge on any atom is 0.163 e. The van der Waals surface area contributed by atoms with Gasteiger partial charge in [-0.25, -0.2) is 0 Å². The van der Waals surface area contributed by atoms with Crippen LogP contribution in [0.2, 0.25) is 0 Å². The van der Waals surface area contributed by atoms with Gasteiger partial charge in [-0.15, -0.1) is 16.7 Å². The highest BCUT2D eigenvalue weighted by atomic mass is 35.5. The van der Waals surface area contributed by atoms with Crippen molar-refractivity contribution >= 4 is 44.9 Å². The zero-order chi connectivity index (χ0) is 19.5. The van der Waals surface area contributed by atoms with E-state index >= 15 is 0 Å². The van der Waals surface area contributed by atoms with E-state index in [-0.39, 0.29) is 0 Å². The maximum atomic E-state index is 9.57. The van der Waals surface area contributed by atoms with Gasteiger partial charge in [-0.1, -0.05) is 5.21 Å². The topological polar surface area (TPSA) is 109 Å². The number of nitrogens with zero attached hydrogens (tertiary/aromatic N) is 4. The zero-order valence-corrected chi connectivity index (χ0v) is 15.6. The third kappa shape index (κ3) is 3.23. The largest absolute Gasteiger partial charge is 0.493 e. The second-order valence-electron chi connectivity index (χ2n) is 5.89. The van der Waals surface area contributed by atoms with E-state index in [0.29, 0.717) is 40.8 Å². The summed E-state index contributed by atoms with van der Waals surface area (Å²) in [6.07, 6.45) is 1.53. The lowest BCUT2D eigenvalue weighted by atomic mass is 10.1. The molecular weight excluding hydrogens is 380 g/mol. The molecular formula is C19H15ClN6O2. The van der Waals surface area contributed by atoms with Gasteiger partial charge in [-0.3, -0.25) is 10.1 Å². The number of ether oxygens (including phenoxy) is 2. The Bertz CT molecular complexity index is 1200. The number of nitriles is 1. The lowest BCUT2D eigenvalue weighted by Gasteiger charge is -2.15. The van der Waals surface area contributed by atoms with E-state index in [4.69, 9.17) is 21.1 Å². The van der Waals surface area contributed by atoms with E-state index in [1.54, 1.807) is 19.2 Å². The van der Waals surface area contributed by atoms with Crippen molar-refractivity contribution in [1.82, 2.24) is 20.4 Å². The molecule has 28 heavy (non-hydrogen) atoms. The highest BCUT2D eigenvalue weighted by molar-refractivity contribution is 6.18. The van der Waals surface area contributed by atoms with Crippen molar-refractivity contribution in [2.75, 3.05) is 24.9 Å². The molecule has 0 aliphatic rings. The molecule has 0 fully saturated rings. The number of aromatic amines is 1. The van der Waals surface area contributed by atoms with E-state index in [0.717, 1.165) is 22.1 Å². The van der Waals surface area contributed by atoms with Gasteiger partial charge in [0, 0.05) is 23.3 Å². The quantitative estimate of drug-likeness (QED) is 0.479. The SMILES string of the molecule is COc1cc2c(Nc3ccc4nn[nH]c4c3)c(C#N)cnc2cc1OCCCl. The predicted octanol–water partition coefficient (Wildman–Crippen LogP) is 3.75. The molecule has 2 heterocycles.